The number of carbonyl (C=O) groups is 2. The Bertz CT molecular complexity index is 835. The number of amides is 2. The van der Waals surface area contributed by atoms with Gasteiger partial charge in [0.15, 0.2) is 0 Å². The van der Waals surface area contributed by atoms with Crippen molar-refractivity contribution in [2.75, 3.05) is 18.0 Å². The van der Waals surface area contributed by atoms with Gasteiger partial charge in [0, 0.05) is 18.3 Å². The third-order valence-corrected chi connectivity index (χ3v) is 4.92. The quantitative estimate of drug-likeness (QED) is 0.900. The summed E-state index contributed by atoms with van der Waals surface area (Å²) in [5, 5.41) is 9.69. The van der Waals surface area contributed by atoms with E-state index in [-0.39, 0.29) is 41.6 Å². The van der Waals surface area contributed by atoms with E-state index >= 15 is 0 Å². The minimum absolute atomic E-state index is 0.0156. The lowest BCUT2D eigenvalue weighted by Gasteiger charge is -2.39. The lowest BCUT2D eigenvalue weighted by molar-refractivity contribution is -0.138. The van der Waals surface area contributed by atoms with Crippen molar-refractivity contribution in [2.45, 2.75) is 26.3 Å². The van der Waals surface area contributed by atoms with E-state index in [1.54, 1.807) is 21.9 Å². The molecule has 0 aliphatic carbocycles. The summed E-state index contributed by atoms with van der Waals surface area (Å²) in [5.41, 5.74) is 2.69. The first-order chi connectivity index (χ1) is 12.3. The number of piperazine rings is 1. The molecule has 1 atom stereocenters. The molecule has 0 aromatic heterocycles. The van der Waals surface area contributed by atoms with Gasteiger partial charge in [-0.2, -0.15) is 0 Å². The Morgan fingerprint density at radius 3 is 2.58 bits per heavy atom. The fourth-order valence-electron chi connectivity index (χ4n) is 3.10. The first kappa shape index (κ1) is 18.3. The molecule has 0 unspecified atom stereocenters. The average molecular weight is 373 g/mol. The van der Waals surface area contributed by atoms with Crippen molar-refractivity contribution in [3.8, 4) is 5.75 Å². The van der Waals surface area contributed by atoms with E-state index in [1.807, 2.05) is 38.1 Å². The van der Waals surface area contributed by atoms with Crippen LogP contribution in [0.25, 0.3) is 0 Å². The summed E-state index contributed by atoms with van der Waals surface area (Å²) >= 11 is 5.90. The first-order valence-corrected chi connectivity index (χ1v) is 8.87. The van der Waals surface area contributed by atoms with Crippen LogP contribution in [0.15, 0.2) is 42.5 Å². The Labute approximate surface area is 157 Å². The van der Waals surface area contributed by atoms with Crippen LogP contribution in [0.2, 0.25) is 5.02 Å². The van der Waals surface area contributed by atoms with Crippen molar-refractivity contribution in [3.05, 3.63) is 58.6 Å². The smallest absolute Gasteiger partial charge is 0.246 e. The molecule has 26 heavy (non-hydrogen) atoms. The molecule has 2 amide bonds. The Morgan fingerprint density at radius 1 is 1.23 bits per heavy atom. The Hall–Kier alpha value is -2.53. The molecule has 1 aliphatic heterocycles. The molecule has 136 valence electrons. The Balaban J connectivity index is 1.70. The highest BCUT2D eigenvalue weighted by Gasteiger charge is 2.33. The molecule has 1 aliphatic rings. The largest absolute Gasteiger partial charge is 0.506 e. The van der Waals surface area contributed by atoms with Crippen LogP contribution in [0.4, 0.5) is 5.69 Å². The summed E-state index contributed by atoms with van der Waals surface area (Å²) in [6.07, 6.45) is 0.141. The maximum Gasteiger partial charge on any atom is 0.246 e. The van der Waals surface area contributed by atoms with Gasteiger partial charge in [-0.25, -0.2) is 0 Å². The van der Waals surface area contributed by atoms with Gasteiger partial charge < -0.3 is 14.9 Å². The van der Waals surface area contributed by atoms with Crippen LogP contribution in [0.1, 0.15) is 18.1 Å². The second kappa shape index (κ2) is 7.38. The highest BCUT2D eigenvalue weighted by molar-refractivity contribution is 6.32. The normalized spacial score (nSPS) is 17.5. The summed E-state index contributed by atoms with van der Waals surface area (Å²) in [6.45, 7) is 4.46. The Kier molecular flexibility index (Phi) is 5.18. The van der Waals surface area contributed by atoms with Crippen LogP contribution in [-0.2, 0) is 16.0 Å². The van der Waals surface area contributed by atoms with Crippen LogP contribution >= 0.6 is 11.6 Å². The van der Waals surface area contributed by atoms with Crippen molar-refractivity contribution < 1.29 is 14.7 Å². The lowest BCUT2D eigenvalue weighted by atomic mass is 10.1. The molecule has 0 saturated carbocycles. The second-order valence-electron chi connectivity index (χ2n) is 6.67. The van der Waals surface area contributed by atoms with Crippen LogP contribution in [0.5, 0.6) is 5.75 Å². The predicted octanol–water partition coefficient (Wildman–Crippen LogP) is 3.16. The fourth-order valence-corrected chi connectivity index (χ4v) is 3.30. The van der Waals surface area contributed by atoms with E-state index in [0.29, 0.717) is 12.1 Å². The first-order valence-electron chi connectivity index (χ1n) is 8.49. The minimum Gasteiger partial charge on any atom is -0.506 e. The zero-order valence-electron chi connectivity index (χ0n) is 14.8. The SMILES string of the molecule is Cc1ccc(N2C[C@H](C)N(C(=O)Cc3ccc(O)c(Cl)c3)CC2=O)cc1. The number of phenolic OH excluding ortho intramolecular Hbond substituents is 1. The number of hydrogen-bond donors (Lipinski definition) is 1. The van der Waals surface area contributed by atoms with Gasteiger partial charge in [0.05, 0.1) is 11.4 Å². The van der Waals surface area contributed by atoms with Crippen LogP contribution in [0, 0.1) is 6.92 Å². The van der Waals surface area contributed by atoms with Crippen LogP contribution in [-0.4, -0.2) is 41.0 Å². The van der Waals surface area contributed by atoms with Crippen LogP contribution in [0.3, 0.4) is 0 Å². The lowest BCUT2D eigenvalue weighted by Crippen LogP contribution is -2.57. The van der Waals surface area contributed by atoms with E-state index in [4.69, 9.17) is 11.6 Å². The van der Waals surface area contributed by atoms with E-state index in [0.717, 1.165) is 11.3 Å². The van der Waals surface area contributed by atoms with Gasteiger partial charge in [0.2, 0.25) is 11.8 Å². The summed E-state index contributed by atoms with van der Waals surface area (Å²) < 4.78 is 0. The zero-order chi connectivity index (χ0) is 18.8. The van der Waals surface area contributed by atoms with Gasteiger partial charge >= 0.3 is 0 Å². The van der Waals surface area contributed by atoms with E-state index in [2.05, 4.69) is 0 Å². The number of nitrogens with zero attached hydrogens (tertiary/aromatic N) is 2. The van der Waals surface area contributed by atoms with Crippen molar-refractivity contribution >= 4 is 29.1 Å². The fraction of sp³-hybridized carbons (Fsp3) is 0.300. The number of phenols is 1. The molecule has 2 aromatic rings. The highest BCUT2D eigenvalue weighted by atomic mass is 35.5. The number of aromatic hydroxyl groups is 1. The van der Waals surface area contributed by atoms with Crippen molar-refractivity contribution in [2.24, 2.45) is 0 Å². The maximum absolute atomic E-state index is 12.7. The molecular formula is C20H21ClN2O3. The summed E-state index contributed by atoms with van der Waals surface area (Å²) in [5.74, 6) is -0.238. The third-order valence-electron chi connectivity index (χ3n) is 4.62. The van der Waals surface area contributed by atoms with Gasteiger partial charge in [0.1, 0.15) is 12.3 Å². The number of hydrogen-bond acceptors (Lipinski definition) is 3. The molecule has 0 bridgehead atoms. The molecule has 1 saturated heterocycles. The van der Waals surface area contributed by atoms with E-state index in [1.165, 1.54) is 6.07 Å². The number of rotatable bonds is 3. The molecule has 1 N–H and O–H groups in total. The number of carbonyl (C=O) groups excluding carboxylic acids is 2. The number of benzene rings is 2. The number of aryl methyl sites for hydroxylation is 1. The Morgan fingerprint density at radius 2 is 1.92 bits per heavy atom. The van der Waals surface area contributed by atoms with Gasteiger partial charge in [-0.05, 0) is 43.7 Å². The summed E-state index contributed by atoms with van der Waals surface area (Å²) in [4.78, 5) is 28.6. The molecule has 6 heteroatoms. The molecular weight excluding hydrogens is 352 g/mol. The molecule has 5 nitrogen and oxygen atoms in total. The van der Waals surface area contributed by atoms with Crippen molar-refractivity contribution in [1.29, 1.82) is 0 Å². The molecule has 1 fully saturated rings. The molecule has 1 heterocycles. The van der Waals surface area contributed by atoms with Crippen LogP contribution < -0.4 is 4.90 Å². The molecule has 3 rings (SSSR count). The molecule has 2 aromatic carbocycles. The zero-order valence-corrected chi connectivity index (χ0v) is 15.5. The van der Waals surface area contributed by atoms with Gasteiger partial charge in [-0.1, -0.05) is 35.4 Å². The van der Waals surface area contributed by atoms with E-state index in [9.17, 15) is 14.7 Å². The minimum atomic E-state index is -0.129. The van der Waals surface area contributed by atoms with Gasteiger partial charge in [-0.3, -0.25) is 9.59 Å². The topological polar surface area (TPSA) is 60.9 Å². The standard InChI is InChI=1S/C20H21ClN2O3/c1-13-3-6-16(7-4-13)23-11-14(2)22(12-20(23)26)19(25)10-15-5-8-18(24)17(21)9-15/h3-9,14,24H,10-12H2,1-2H3/t14-/m0/s1. The van der Waals surface area contributed by atoms with Gasteiger partial charge in [0.25, 0.3) is 0 Å². The van der Waals surface area contributed by atoms with E-state index < -0.39 is 0 Å². The summed E-state index contributed by atoms with van der Waals surface area (Å²) in [7, 11) is 0. The summed E-state index contributed by atoms with van der Waals surface area (Å²) in [6, 6.07) is 12.4. The average Bonchev–Trinajstić information content (AvgIpc) is 2.60. The molecule has 0 radical (unpaired) electrons. The monoisotopic (exact) mass is 372 g/mol. The second-order valence-corrected chi connectivity index (χ2v) is 7.08. The van der Waals surface area contributed by atoms with Crippen molar-refractivity contribution in [3.63, 3.8) is 0 Å². The van der Waals surface area contributed by atoms with Crippen molar-refractivity contribution in [1.82, 2.24) is 4.90 Å². The van der Waals surface area contributed by atoms with Gasteiger partial charge in [-0.15, -0.1) is 0 Å². The highest BCUT2D eigenvalue weighted by Crippen LogP contribution is 2.25. The maximum atomic E-state index is 12.7. The molecule has 0 spiro atoms. The predicted molar refractivity (Wildman–Crippen MR) is 102 cm³/mol. The third kappa shape index (κ3) is 3.83. The number of halogens is 1. The number of anilines is 1.